The molecule has 0 N–H and O–H groups in total. The molecule has 0 fully saturated rings. The Bertz CT molecular complexity index is 841. The predicted octanol–water partition coefficient (Wildman–Crippen LogP) is 5.82. The van der Waals surface area contributed by atoms with Crippen molar-refractivity contribution in [3.05, 3.63) is 95.6 Å². The monoisotopic (exact) mass is 365 g/mol. The summed E-state index contributed by atoms with van der Waals surface area (Å²) in [7, 11) is 1.63. The molecule has 0 bridgehead atoms. The topological polar surface area (TPSA) is 35.5 Å². The van der Waals surface area contributed by atoms with Crippen molar-refractivity contribution >= 4 is 7.80 Å². The van der Waals surface area contributed by atoms with Gasteiger partial charge in [0.05, 0.1) is 19.8 Å². The Hall–Kier alpha value is -2.64. The lowest BCUT2D eigenvalue weighted by Crippen LogP contribution is -2.04. The Balaban J connectivity index is 2.10. The minimum absolute atomic E-state index is 0.308. The van der Waals surface area contributed by atoms with Crippen molar-refractivity contribution in [1.29, 1.82) is 0 Å². The van der Waals surface area contributed by atoms with E-state index in [-0.39, 0.29) is 5.66 Å². The average Bonchev–Trinajstić information content (AvgIpc) is 2.70. The van der Waals surface area contributed by atoms with E-state index < -0.39 is 7.80 Å². The van der Waals surface area contributed by atoms with Crippen LogP contribution in [0.1, 0.15) is 22.3 Å². The first-order valence-corrected chi connectivity index (χ1v) is 9.99. The number of hydrogen-bond donors (Lipinski definition) is 0. The van der Waals surface area contributed by atoms with E-state index in [9.17, 15) is 4.57 Å². The third kappa shape index (κ3) is 3.95. The molecule has 26 heavy (non-hydrogen) atoms. The number of hydrogen-bond acceptors (Lipinski definition) is 3. The van der Waals surface area contributed by atoms with Gasteiger partial charge in [-0.2, -0.15) is 0 Å². The summed E-state index contributed by atoms with van der Waals surface area (Å²) in [5, 5.41) is 0. The van der Waals surface area contributed by atoms with Crippen molar-refractivity contribution in [3.63, 3.8) is 0 Å². The molecular weight excluding hydrogens is 343 g/mol. The van der Waals surface area contributed by atoms with Gasteiger partial charge in [0.2, 0.25) is 5.66 Å². The molecule has 0 radical (unpaired) electrons. The van der Waals surface area contributed by atoms with Crippen molar-refractivity contribution in [1.82, 2.24) is 0 Å². The number of ether oxygens (including phenoxy) is 2. The van der Waals surface area contributed by atoms with Crippen LogP contribution in [0.5, 0.6) is 11.5 Å². The van der Waals surface area contributed by atoms with Crippen molar-refractivity contribution < 1.29 is 14.0 Å². The second-order valence-electron chi connectivity index (χ2n) is 5.95. The summed E-state index contributed by atoms with van der Waals surface area (Å²) in [5.74, 6) is 1.38. The van der Waals surface area contributed by atoms with Crippen molar-refractivity contribution in [2.45, 2.75) is 11.8 Å². The molecule has 0 spiro atoms. The normalized spacial score (nSPS) is 12.3. The SMILES string of the molecule is COc1cccc(OC)c1C(c1ccccc1)[P+](=O)Cc1ccccc1. The fourth-order valence-corrected chi connectivity index (χ4v) is 4.92. The van der Waals surface area contributed by atoms with Gasteiger partial charge in [0.25, 0.3) is 0 Å². The maximum Gasteiger partial charge on any atom is 0.356 e. The molecule has 3 aromatic carbocycles. The average molecular weight is 365 g/mol. The highest BCUT2D eigenvalue weighted by molar-refractivity contribution is 7.44. The van der Waals surface area contributed by atoms with Crippen LogP contribution in [0.2, 0.25) is 0 Å². The van der Waals surface area contributed by atoms with Crippen LogP contribution in [0.3, 0.4) is 0 Å². The van der Waals surface area contributed by atoms with E-state index in [4.69, 9.17) is 9.47 Å². The Labute approximate surface area is 155 Å². The second kappa shape index (κ2) is 8.64. The van der Waals surface area contributed by atoms with Gasteiger partial charge in [-0.25, -0.2) is 0 Å². The zero-order chi connectivity index (χ0) is 18.4. The van der Waals surface area contributed by atoms with Crippen molar-refractivity contribution in [2.75, 3.05) is 14.2 Å². The van der Waals surface area contributed by atoms with E-state index in [0.717, 1.165) is 16.7 Å². The van der Waals surface area contributed by atoms with Crippen LogP contribution in [-0.2, 0) is 10.7 Å². The van der Waals surface area contributed by atoms with Gasteiger partial charge >= 0.3 is 7.80 Å². The number of benzene rings is 3. The van der Waals surface area contributed by atoms with E-state index in [1.807, 2.05) is 78.9 Å². The van der Waals surface area contributed by atoms with Crippen LogP contribution in [-0.4, -0.2) is 14.2 Å². The summed E-state index contributed by atoms with van der Waals surface area (Å²) in [6, 6.07) is 25.5. The van der Waals surface area contributed by atoms with Gasteiger partial charge < -0.3 is 9.47 Å². The molecule has 0 saturated heterocycles. The zero-order valence-electron chi connectivity index (χ0n) is 15.0. The van der Waals surface area contributed by atoms with Crippen molar-refractivity contribution in [2.24, 2.45) is 0 Å². The molecule has 0 saturated carbocycles. The molecule has 3 rings (SSSR count). The molecule has 0 heterocycles. The number of methoxy groups -OCH3 is 2. The quantitative estimate of drug-likeness (QED) is 0.495. The van der Waals surface area contributed by atoms with Gasteiger partial charge in [0.15, 0.2) is 6.16 Å². The highest BCUT2D eigenvalue weighted by atomic mass is 31.1. The highest BCUT2D eigenvalue weighted by Gasteiger charge is 2.38. The van der Waals surface area contributed by atoms with Crippen LogP contribution in [0.4, 0.5) is 0 Å². The molecule has 3 nitrogen and oxygen atoms in total. The molecule has 2 atom stereocenters. The minimum atomic E-state index is -1.63. The maximum atomic E-state index is 13.5. The molecule has 0 aliphatic heterocycles. The minimum Gasteiger partial charge on any atom is -0.496 e. The molecule has 0 aliphatic rings. The molecule has 3 aromatic rings. The summed E-state index contributed by atoms with van der Waals surface area (Å²) >= 11 is 0. The van der Waals surface area contributed by atoms with E-state index in [1.165, 1.54) is 0 Å². The summed E-state index contributed by atoms with van der Waals surface area (Å²) in [4.78, 5) is 0. The Morgan fingerprint density at radius 1 is 0.769 bits per heavy atom. The summed E-state index contributed by atoms with van der Waals surface area (Å²) in [6.45, 7) is 0. The first-order valence-electron chi connectivity index (χ1n) is 8.48. The van der Waals surface area contributed by atoms with E-state index in [1.54, 1.807) is 14.2 Å². The van der Waals surface area contributed by atoms with Crippen LogP contribution in [0.25, 0.3) is 0 Å². The largest absolute Gasteiger partial charge is 0.496 e. The summed E-state index contributed by atoms with van der Waals surface area (Å²) < 4.78 is 24.7. The first kappa shape index (κ1) is 18.2. The first-order chi connectivity index (χ1) is 12.7. The van der Waals surface area contributed by atoms with Gasteiger partial charge in [0, 0.05) is 5.56 Å². The Kier molecular flexibility index (Phi) is 6.04. The predicted molar refractivity (Wildman–Crippen MR) is 106 cm³/mol. The van der Waals surface area contributed by atoms with Gasteiger partial charge in [-0.1, -0.05) is 71.3 Å². The lowest BCUT2D eigenvalue weighted by molar-refractivity contribution is 0.385. The summed E-state index contributed by atoms with van der Waals surface area (Å²) in [6.07, 6.45) is 0.497. The van der Waals surface area contributed by atoms with Gasteiger partial charge in [-0.3, -0.25) is 0 Å². The maximum absolute atomic E-state index is 13.5. The molecule has 2 unspecified atom stereocenters. The fourth-order valence-electron chi connectivity index (χ4n) is 3.12. The van der Waals surface area contributed by atoms with Gasteiger partial charge in [-0.15, -0.1) is 0 Å². The third-order valence-corrected chi connectivity index (χ3v) is 6.13. The second-order valence-corrected chi connectivity index (χ2v) is 7.62. The molecule has 132 valence electrons. The Morgan fingerprint density at radius 2 is 1.31 bits per heavy atom. The van der Waals surface area contributed by atoms with Crippen LogP contribution >= 0.6 is 7.80 Å². The number of rotatable bonds is 7. The van der Waals surface area contributed by atoms with Crippen LogP contribution in [0.15, 0.2) is 78.9 Å². The smallest absolute Gasteiger partial charge is 0.356 e. The van der Waals surface area contributed by atoms with E-state index in [0.29, 0.717) is 17.7 Å². The molecule has 0 aromatic heterocycles. The lowest BCUT2D eigenvalue weighted by atomic mass is 10.0. The summed E-state index contributed by atoms with van der Waals surface area (Å²) in [5.41, 5.74) is 2.58. The van der Waals surface area contributed by atoms with E-state index in [2.05, 4.69) is 0 Å². The molecular formula is C22H22O3P+. The van der Waals surface area contributed by atoms with Crippen LogP contribution in [0, 0.1) is 0 Å². The molecule has 0 amide bonds. The third-order valence-electron chi connectivity index (χ3n) is 4.32. The van der Waals surface area contributed by atoms with Gasteiger partial charge in [-0.05, 0) is 17.7 Å². The van der Waals surface area contributed by atoms with Gasteiger partial charge in [0.1, 0.15) is 11.5 Å². The fraction of sp³-hybridized carbons (Fsp3) is 0.182. The van der Waals surface area contributed by atoms with Crippen LogP contribution < -0.4 is 9.47 Å². The zero-order valence-corrected chi connectivity index (χ0v) is 15.9. The van der Waals surface area contributed by atoms with Crippen molar-refractivity contribution in [3.8, 4) is 11.5 Å². The van der Waals surface area contributed by atoms with E-state index >= 15 is 0 Å². The Morgan fingerprint density at radius 3 is 1.85 bits per heavy atom. The lowest BCUT2D eigenvalue weighted by Gasteiger charge is -2.16. The standard InChI is InChI=1S/C22H22O3P/c1-24-19-14-9-15-20(25-2)21(19)22(18-12-7-4-8-13-18)26(23)16-17-10-5-3-6-11-17/h3-15,22H,16H2,1-2H3/q+1. The highest BCUT2D eigenvalue weighted by Crippen LogP contribution is 2.53. The molecule has 0 aliphatic carbocycles. The molecule has 4 heteroatoms.